The fourth-order valence-electron chi connectivity index (χ4n) is 0. The van der Waals surface area contributed by atoms with Gasteiger partial charge in [-0.15, -0.1) is 0 Å². The quantitative estimate of drug-likeness (QED) is 0.241. The van der Waals surface area contributed by atoms with Crippen LogP contribution in [0.3, 0.4) is 0 Å². The van der Waals surface area contributed by atoms with Crippen molar-refractivity contribution in [1.29, 1.82) is 0 Å². The number of hydrogen-bond donors (Lipinski definition) is 3. The van der Waals surface area contributed by atoms with Crippen molar-refractivity contribution in [1.82, 2.24) is 0 Å². The summed E-state index contributed by atoms with van der Waals surface area (Å²) in [7, 11) is 0. The molecule has 8 heavy (non-hydrogen) atoms. The van der Waals surface area contributed by atoms with E-state index in [2.05, 4.69) is 12.6 Å². The average Bonchev–Trinajstić information content (AvgIpc) is 1.39. The normalized spacial score (nSPS) is 4.00. The minimum Gasteiger partial charge on any atom is -1.00 e. The molecule has 0 bridgehead atoms. The van der Waals surface area contributed by atoms with Crippen molar-refractivity contribution < 1.29 is 46.5 Å². The first-order valence-electron chi connectivity index (χ1n) is 1.54. The predicted molar refractivity (Wildman–Crippen MR) is 34.4 cm³/mol. The Bertz CT molecular complexity index is 23.8. The minimum absolute atomic E-state index is 0. The second kappa shape index (κ2) is 40.7. The molecule has 0 unspecified atom stereocenters. The third kappa shape index (κ3) is 172. The average molecular weight is 149 g/mol. The summed E-state index contributed by atoms with van der Waals surface area (Å²) < 4.78 is 0. The number of hydrogen-bond acceptors (Lipinski definition) is 3. The van der Waals surface area contributed by atoms with Gasteiger partial charge in [0, 0.05) is 0 Å². The van der Waals surface area contributed by atoms with E-state index in [4.69, 9.17) is 10.0 Å². The topological polar surface area (TPSA) is 72.0 Å². The Morgan fingerprint density at radius 3 is 1.62 bits per heavy atom. The van der Waals surface area contributed by atoms with Crippen molar-refractivity contribution in [3.63, 3.8) is 0 Å². The van der Waals surface area contributed by atoms with Crippen molar-refractivity contribution in [3.8, 4) is 0 Å². The van der Waals surface area contributed by atoms with Gasteiger partial charge in [-0.05, 0) is 5.75 Å². The van der Waals surface area contributed by atoms with Crippen LogP contribution in [0.1, 0.15) is 8.35 Å². The molecule has 0 heterocycles. The Hall–Kier alpha value is 1.29. The smallest absolute Gasteiger partial charge is 1.00 e. The summed E-state index contributed by atoms with van der Waals surface area (Å²) in [4.78, 5) is 0. The fraction of sp³-hybridized carbons (Fsp3) is 1.00. The minimum atomic E-state index is 0. The van der Waals surface area contributed by atoms with Crippen LogP contribution in [0.4, 0.5) is 0 Å². The maximum Gasteiger partial charge on any atom is 1.00 e. The Morgan fingerprint density at radius 1 is 1.62 bits per heavy atom. The molecule has 0 amide bonds. The van der Waals surface area contributed by atoms with Crippen LogP contribution < -0.4 is 29.6 Å². The molecule has 0 rings (SSSR count). The molecule has 0 atom stereocenters. The van der Waals surface area contributed by atoms with Gasteiger partial charge >= 0.3 is 37.2 Å². The van der Waals surface area contributed by atoms with Gasteiger partial charge in [0.2, 0.25) is 0 Å². The zero-order valence-electron chi connectivity index (χ0n) is 6.13. The summed E-state index contributed by atoms with van der Waals surface area (Å²) in [5.41, 5.74) is 0. The fourth-order valence-corrected chi connectivity index (χ4v) is 0. The third-order valence-electron chi connectivity index (χ3n) is 0. The van der Waals surface area contributed by atoms with E-state index in [1.165, 1.54) is 0 Å². The molecule has 6 heteroatoms. The van der Waals surface area contributed by atoms with Crippen LogP contribution in [0.15, 0.2) is 0 Å². The molecule has 0 saturated heterocycles. The van der Waals surface area contributed by atoms with E-state index >= 15 is 0 Å². The number of thiol groups is 1. The van der Waals surface area contributed by atoms with Crippen LogP contribution in [-0.2, 0) is 0 Å². The van der Waals surface area contributed by atoms with Gasteiger partial charge in [-0.3, -0.25) is 0 Å². The van der Waals surface area contributed by atoms with E-state index in [1.807, 2.05) is 6.92 Å². The van der Waals surface area contributed by atoms with E-state index in [9.17, 15) is 0 Å². The second-order valence-corrected chi connectivity index (χ2v) is 1.06. The van der Waals surface area contributed by atoms with Crippen LogP contribution in [0.25, 0.3) is 0 Å². The van der Waals surface area contributed by atoms with Gasteiger partial charge in [0.15, 0.2) is 0 Å². The van der Waals surface area contributed by atoms with Crippen molar-refractivity contribution in [2.45, 2.75) is 6.92 Å². The van der Waals surface area contributed by atoms with E-state index in [0.29, 0.717) is 0 Å². The van der Waals surface area contributed by atoms with Gasteiger partial charge in [0.1, 0.15) is 0 Å². The Kier molecular flexibility index (Phi) is 116. The molecule has 0 aliphatic rings. The molecule has 0 spiro atoms. The van der Waals surface area contributed by atoms with E-state index in [0.717, 1.165) is 5.75 Å². The molecular weight excluding hydrogens is 138 g/mol. The van der Waals surface area contributed by atoms with Gasteiger partial charge in [-0.1, -0.05) is 6.92 Å². The molecule has 1 radical (unpaired) electrons. The van der Waals surface area contributed by atoms with E-state index in [-0.39, 0.29) is 44.1 Å². The molecule has 0 aromatic rings. The van der Waals surface area contributed by atoms with Crippen molar-refractivity contribution >= 4 is 20.3 Å². The van der Waals surface area contributed by atoms with Crippen LogP contribution in [0, 0.1) is 0 Å². The first-order valence-corrected chi connectivity index (χ1v) is 2.17. The predicted octanol–water partition coefficient (Wildman–Crippen LogP) is -4.27. The Balaban J connectivity index is -0.00000000889. The molecule has 0 aromatic carbocycles. The van der Waals surface area contributed by atoms with Gasteiger partial charge in [-0.25, -0.2) is 0 Å². The molecule has 3 nitrogen and oxygen atoms in total. The monoisotopic (exact) mass is 149 g/mol. The van der Waals surface area contributed by atoms with Crippen LogP contribution >= 0.6 is 12.6 Å². The van der Waals surface area contributed by atoms with Gasteiger partial charge < -0.3 is 17.0 Å². The van der Waals surface area contributed by atoms with Crippen molar-refractivity contribution in [2.24, 2.45) is 0 Å². The first-order chi connectivity index (χ1) is 2.83. The van der Waals surface area contributed by atoms with Crippen LogP contribution in [-0.4, -0.2) is 29.0 Å². The molecular formula is C2H11BNaO3S. The molecule has 0 fully saturated rings. The maximum atomic E-state index is 7.00. The zero-order valence-corrected chi connectivity index (χ0v) is 8.02. The summed E-state index contributed by atoms with van der Waals surface area (Å²) in [6, 6.07) is 0. The number of rotatable bonds is 0. The summed E-state index contributed by atoms with van der Waals surface area (Å²) >= 11 is 3.79. The van der Waals surface area contributed by atoms with Gasteiger partial charge in [-0.2, -0.15) is 12.6 Å². The van der Waals surface area contributed by atoms with Crippen molar-refractivity contribution in [2.75, 3.05) is 5.75 Å². The molecule has 0 aromatic heterocycles. The Morgan fingerprint density at radius 2 is 1.62 bits per heavy atom. The standard InChI is InChI=1S/C2H6S.BH2O2.Na.H2O.H/c1-2-3;2-1-3;;;/h3H,2H2,1H3;2-3H;;1H2;/q;;+1;;-1. The van der Waals surface area contributed by atoms with Crippen molar-refractivity contribution in [3.05, 3.63) is 0 Å². The first kappa shape index (κ1) is 22.8. The Labute approximate surface area is 79.3 Å². The van der Waals surface area contributed by atoms with Gasteiger partial charge in [0.25, 0.3) is 0 Å². The third-order valence-corrected chi connectivity index (χ3v) is 0. The summed E-state index contributed by atoms with van der Waals surface area (Å²) in [6.45, 7) is 1.99. The largest absolute Gasteiger partial charge is 1.00 e. The molecule has 47 valence electrons. The van der Waals surface area contributed by atoms with E-state index in [1.54, 1.807) is 0 Å². The molecule has 0 aliphatic carbocycles. The van der Waals surface area contributed by atoms with Crippen LogP contribution in [0.5, 0.6) is 0 Å². The van der Waals surface area contributed by atoms with E-state index < -0.39 is 0 Å². The zero-order chi connectivity index (χ0) is 5.41. The molecule has 0 aliphatic heterocycles. The van der Waals surface area contributed by atoms with Gasteiger partial charge in [0.05, 0.1) is 0 Å². The summed E-state index contributed by atoms with van der Waals surface area (Å²) in [5.74, 6) is 0.944. The second-order valence-electron chi connectivity index (χ2n) is 0.432. The molecule has 0 saturated carbocycles. The van der Waals surface area contributed by atoms with Crippen LogP contribution in [0.2, 0.25) is 0 Å². The maximum absolute atomic E-state index is 7.00. The SMILES string of the molecule is CCS.O.O[B]O.[H-].[Na+]. The summed E-state index contributed by atoms with van der Waals surface area (Å²) in [6.07, 6.45) is 0. The summed E-state index contributed by atoms with van der Waals surface area (Å²) in [5, 5.41) is 14.0. The molecule has 4 N–H and O–H groups in total.